The number of H-pyrrole nitrogens is 1. The van der Waals surface area contributed by atoms with Crippen LogP contribution in [0.4, 0.5) is 5.95 Å². The second-order valence-corrected chi connectivity index (χ2v) is 6.68. The van der Waals surface area contributed by atoms with Crippen molar-refractivity contribution < 1.29 is 9.47 Å². The van der Waals surface area contributed by atoms with Crippen molar-refractivity contribution in [2.24, 2.45) is 0 Å². The predicted molar refractivity (Wildman–Crippen MR) is 102 cm³/mol. The fourth-order valence-electron chi connectivity index (χ4n) is 3.21. The Morgan fingerprint density at radius 3 is 3.07 bits per heavy atom. The minimum Gasteiger partial charge on any atom is -0.487 e. The number of aromatic nitrogens is 5. The number of benzene rings is 1. The van der Waals surface area contributed by atoms with E-state index in [1.54, 1.807) is 13.4 Å². The minimum atomic E-state index is -0.145. The van der Waals surface area contributed by atoms with E-state index in [1.165, 1.54) is 0 Å². The lowest BCUT2D eigenvalue weighted by atomic mass is 10.1. The molecule has 0 spiro atoms. The van der Waals surface area contributed by atoms with E-state index in [9.17, 15) is 4.79 Å². The number of fused-ring (bicyclic) bond motifs is 2. The Labute approximate surface area is 162 Å². The molecule has 9 nitrogen and oxygen atoms in total. The Bertz CT molecular complexity index is 1030. The monoisotopic (exact) mass is 382 g/mol. The van der Waals surface area contributed by atoms with Gasteiger partial charge in [-0.15, -0.1) is 10.2 Å². The molecule has 0 aliphatic carbocycles. The van der Waals surface area contributed by atoms with Crippen molar-refractivity contribution in [1.82, 2.24) is 24.7 Å². The van der Waals surface area contributed by atoms with Gasteiger partial charge in [0.05, 0.1) is 18.8 Å². The summed E-state index contributed by atoms with van der Waals surface area (Å²) in [5, 5.41) is 8.12. The maximum atomic E-state index is 12.7. The molecule has 9 heteroatoms. The highest BCUT2D eigenvalue weighted by Crippen LogP contribution is 2.26. The van der Waals surface area contributed by atoms with Crippen LogP contribution in [0, 0.1) is 0 Å². The molecule has 0 bridgehead atoms. The van der Waals surface area contributed by atoms with Crippen molar-refractivity contribution >= 4 is 5.95 Å². The Morgan fingerprint density at radius 1 is 1.36 bits per heavy atom. The number of hydrogen-bond acceptors (Lipinski definition) is 7. The van der Waals surface area contributed by atoms with Crippen LogP contribution in [-0.2, 0) is 30.9 Å². The molecule has 0 atom stereocenters. The van der Waals surface area contributed by atoms with Crippen molar-refractivity contribution in [1.29, 1.82) is 0 Å². The van der Waals surface area contributed by atoms with E-state index in [1.807, 2.05) is 40.8 Å². The molecule has 1 aliphatic rings. The van der Waals surface area contributed by atoms with Crippen LogP contribution in [0.1, 0.15) is 22.6 Å². The highest BCUT2D eigenvalue weighted by molar-refractivity contribution is 5.42. The summed E-state index contributed by atoms with van der Waals surface area (Å²) in [7, 11) is 3.51. The molecular weight excluding hydrogens is 360 g/mol. The fourth-order valence-corrected chi connectivity index (χ4v) is 3.21. The van der Waals surface area contributed by atoms with Crippen LogP contribution in [0.3, 0.4) is 0 Å². The highest BCUT2D eigenvalue weighted by Gasteiger charge is 2.20. The SMILES string of the molecule is COCCn1cnnc1CN(C)c1nc2c(c(=O)[nH]1)Cc1ccccc1OC2. The van der Waals surface area contributed by atoms with E-state index in [0.29, 0.717) is 43.3 Å². The molecule has 28 heavy (non-hydrogen) atoms. The maximum Gasteiger partial charge on any atom is 0.256 e. The van der Waals surface area contributed by atoms with E-state index >= 15 is 0 Å². The third-order valence-corrected chi connectivity index (χ3v) is 4.77. The molecule has 0 radical (unpaired) electrons. The smallest absolute Gasteiger partial charge is 0.256 e. The third kappa shape index (κ3) is 3.61. The van der Waals surface area contributed by atoms with Gasteiger partial charge in [0, 0.05) is 32.7 Å². The summed E-state index contributed by atoms with van der Waals surface area (Å²) in [6.45, 7) is 1.95. The molecule has 3 heterocycles. The third-order valence-electron chi connectivity index (χ3n) is 4.77. The molecule has 1 N–H and O–H groups in total. The van der Waals surface area contributed by atoms with Crippen molar-refractivity contribution in [2.75, 3.05) is 25.7 Å². The van der Waals surface area contributed by atoms with Crippen LogP contribution < -0.4 is 15.2 Å². The Balaban J connectivity index is 1.58. The van der Waals surface area contributed by atoms with Gasteiger partial charge in [-0.2, -0.15) is 0 Å². The molecule has 3 aromatic rings. The first-order valence-corrected chi connectivity index (χ1v) is 9.05. The minimum absolute atomic E-state index is 0.145. The van der Waals surface area contributed by atoms with Crippen molar-refractivity contribution in [3.8, 4) is 5.75 Å². The summed E-state index contributed by atoms with van der Waals surface area (Å²) in [6.07, 6.45) is 2.17. The first kappa shape index (κ1) is 18.2. The Morgan fingerprint density at radius 2 is 2.21 bits per heavy atom. The average Bonchev–Trinajstić information content (AvgIpc) is 3.04. The Hall–Kier alpha value is -3.20. The maximum absolute atomic E-state index is 12.7. The van der Waals surface area contributed by atoms with E-state index in [-0.39, 0.29) is 12.2 Å². The second-order valence-electron chi connectivity index (χ2n) is 6.68. The lowest BCUT2D eigenvalue weighted by Crippen LogP contribution is -2.27. The van der Waals surface area contributed by atoms with Gasteiger partial charge < -0.3 is 18.9 Å². The predicted octanol–water partition coefficient (Wildman–Crippen LogP) is 1.13. The van der Waals surface area contributed by atoms with Gasteiger partial charge in [0.25, 0.3) is 5.56 Å². The molecular formula is C19H22N6O3. The van der Waals surface area contributed by atoms with E-state index in [4.69, 9.17) is 9.47 Å². The number of rotatable bonds is 6. The summed E-state index contributed by atoms with van der Waals surface area (Å²) in [5.41, 5.74) is 2.14. The van der Waals surface area contributed by atoms with Gasteiger partial charge in [-0.05, 0) is 11.6 Å². The van der Waals surface area contributed by atoms with Crippen molar-refractivity contribution in [2.45, 2.75) is 26.1 Å². The summed E-state index contributed by atoms with van der Waals surface area (Å²) >= 11 is 0. The molecule has 4 rings (SSSR count). The summed E-state index contributed by atoms with van der Waals surface area (Å²) in [6, 6.07) is 7.74. The van der Waals surface area contributed by atoms with Crippen LogP contribution in [0.25, 0.3) is 0 Å². The van der Waals surface area contributed by atoms with Crippen LogP contribution >= 0.6 is 0 Å². The quantitative estimate of drug-likeness (QED) is 0.682. The van der Waals surface area contributed by atoms with Crippen LogP contribution in [0.2, 0.25) is 0 Å². The molecule has 0 unspecified atom stereocenters. The number of ether oxygens (including phenoxy) is 2. The Kier molecular flexibility index (Phi) is 5.07. The number of aromatic amines is 1. The molecule has 2 aromatic heterocycles. The molecule has 0 saturated carbocycles. The second kappa shape index (κ2) is 7.81. The number of methoxy groups -OCH3 is 1. The van der Waals surface area contributed by atoms with Gasteiger partial charge >= 0.3 is 0 Å². The molecule has 1 aromatic carbocycles. The molecule has 0 fully saturated rings. The first-order valence-electron chi connectivity index (χ1n) is 9.05. The largest absolute Gasteiger partial charge is 0.487 e. The van der Waals surface area contributed by atoms with Gasteiger partial charge in [-0.3, -0.25) is 9.78 Å². The highest BCUT2D eigenvalue weighted by atomic mass is 16.5. The van der Waals surface area contributed by atoms with Crippen LogP contribution in [-0.4, -0.2) is 45.5 Å². The summed E-state index contributed by atoms with van der Waals surface area (Å²) in [5.74, 6) is 2.03. The molecule has 0 amide bonds. The molecule has 146 valence electrons. The zero-order valence-electron chi connectivity index (χ0n) is 15.9. The topological polar surface area (TPSA) is 98.2 Å². The number of para-hydroxylation sites is 1. The first-order chi connectivity index (χ1) is 13.7. The normalized spacial score (nSPS) is 12.6. The van der Waals surface area contributed by atoms with E-state index in [2.05, 4.69) is 20.2 Å². The van der Waals surface area contributed by atoms with Gasteiger partial charge in [-0.1, -0.05) is 18.2 Å². The number of nitrogens with zero attached hydrogens (tertiary/aromatic N) is 5. The zero-order valence-corrected chi connectivity index (χ0v) is 15.9. The van der Waals surface area contributed by atoms with Crippen molar-refractivity contribution in [3.63, 3.8) is 0 Å². The van der Waals surface area contributed by atoms with Crippen LogP contribution in [0.5, 0.6) is 5.75 Å². The zero-order chi connectivity index (χ0) is 19.5. The van der Waals surface area contributed by atoms with Crippen LogP contribution in [0.15, 0.2) is 35.4 Å². The van der Waals surface area contributed by atoms with E-state index < -0.39 is 0 Å². The number of anilines is 1. The molecule has 1 aliphatic heterocycles. The van der Waals surface area contributed by atoms with E-state index in [0.717, 1.165) is 17.1 Å². The van der Waals surface area contributed by atoms with Gasteiger partial charge in [-0.25, -0.2) is 4.98 Å². The summed E-state index contributed by atoms with van der Waals surface area (Å²) in [4.78, 5) is 22.1. The van der Waals surface area contributed by atoms with Gasteiger partial charge in [0.1, 0.15) is 18.7 Å². The fraction of sp³-hybridized carbons (Fsp3) is 0.368. The number of hydrogen-bond donors (Lipinski definition) is 1. The number of nitrogens with one attached hydrogen (secondary N) is 1. The van der Waals surface area contributed by atoms with Gasteiger partial charge in [0.15, 0.2) is 5.82 Å². The lowest BCUT2D eigenvalue weighted by Gasteiger charge is -2.18. The summed E-state index contributed by atoms with van der Waals surface area (Å²) < 4.78 is 12.9. The molecule has 0 saturated heterocycles. The average molecular weight is 382 g/mol. The lowest BCUT2D eigenvalue weighted by molar-refractivity contribution is 0.186. The van der Waals surface area contributed by atoms with Gasteiger partial charge in [0.2, 0.25) is 5.95 Å². The standard InChI is InChI=1S/C19H22N6O3/c1-24(10-17-23-20-12-25(17)7-8-27-2)19-21-15-11-28-16-6-4-3-5-13(16)9-14(15)18(26)22-19/h3-6,12H,7-11H2,1-2H3,(H,21,22,26). The van der Waals surface area contributed by atoms with Crippen molar-refractivity contribution in [3.05, 3.63) is 63.6 Å².